The van der Waals surface area contributed by atoms with Crippen LogP contribution in [-0.2, 0) is 9.47 Å². The smallest absolute Gasteiger partial charge is 0.158 e. The Bertz CT molecular complexity index is 771. The summed E-state index contributed by atoms with van der Waals surface area (Å²) in [5.74, 6) is 0. The van der Waals surface area contributed by atoms with Gasteiger partial charge < -0.3 is 26.5 Å². The number of ether oxygens (including phenoxy) is 2. The van der Waals surface area contributed by atoms with Gasteiger partial charge in [-0.2, -0.15) is 0 Å². The van der Waals surface area contributed by atoms with Crippen LogP contribution in [0.2, 0.25) is 0 Å². The molecule has 3 aromatic rings. The Labute approximate surface area is 191 Å². The number of hydrogen-bond donors (Lipinski definition) is 0. The van der Waals surface area contributed by atoms with Crippen LogP contribution in [0.25, 0.3) is 0 Å². The van der Waals surface area contributed by atoms with E-state index < -0.39 is 7.26 Å². The fraction of sp³-hybridized carbons (Fsp3) is 0.308. The second-order valence-electron chi connectivity index (χ2n) is 7.74. The molecule has 2 unspecified atom stereocenters. The first kappa shape index (κ1) is 23.2. The second kappa shape index (κ2) is 11.2. The fourth-order valence-corrected chi connectivity index (χ4v) is 8.74. The van der Waals surface area contributed by atoms with Crippen LogP contribution >= 0.6 is 7.26 Å². The molecule has 1 saturated heterocycles. The van der Waals surface area contributed by atoms with Gasteiger partial charge in [0.25, 0.3) is 0 Å². The van der Waals surface area contributed by atoms with Crippen LogP contribution in [0.1, 0.15) is 26.2 Å². The maximum absolute atomic E-state index is 6.42. The molecule has 2 nitrogen and oxygen atoms in total. The van der Waals surface area contributed by atoms with Crippen LogP contribution in [0.3, 0.4) is 0 Å². The summed E-state index contributed by atoms with van der Waals surface area (Å²) in [6.45, 7) is 3.02. The van der Waals surface area contributed by atoms with Crippen molar-refractivity contribution in [3.8, 4) is 0 Å². The minimum atomic E-state index is -1.86. The van der Waals surface area contributed by atoms with Crippen molar-refractivity contribution in [3.63, 3.8) is 0 Å². The quantitative estimate of drug-likeness (QED) is 0.477. The maximum Gasteiger partial charge on any atom is 0.158 e. The topological polar surface area (TPSA) is 18.5 Å². The molecule has 0 aromatic heterocycles. The summed E-state index contributed by atoms with van der Waals surface area (Å²) in [5, 5.41) is 4.20. The largest absolute Gasteiger partial charge is 1.00 e. The average molecular weight is 485 g/mol. The van der Waals surface area contributed by atoms with Gasteiger partial charge in [-0.15, -0.1) is 0 Å². The van der Waals surface area contributed by atoms with Crippen molar-refractivity contribution in [1.82, 2.24) is 0 Å². The molecule has 0 saturated carbocycles. The Kier molecular flexibility index (Phi) is 8.65. The Hall–Kier alpha value is -1.51. The lowest BCUT2D eigenvalue weighted by Gasteiger charge is -2.32. The molecular formula is C26H30BrO2P. The summed E-state index contributed by atoms with van der Waals surface area (Å²) in [6.07, 6.45) is 4.33. The third-order valence-electron chi connectivity index (χ3n) is 5.64. The van der Waals surface area contributed by atoms with E-state index in [1.54, 1.807) is 0 Å². The number of benzene rings is 3. The summed E-state index contributed by atoms with van der Waals surface area (Å²) < 4.78 is 12.3. The predicted molar refractivity (Wildman–Crippen MR) is 124 cm³/mol. The van der Waals surface area contributed by atoms with Gasteiger partial charge >= 0.3 is 0 Å². The summed E-state index contributed by atoms with van der Waals surface area (Å²) in [7, 11) is -1.86. The molecule has 3 aromatic carbocycles. The van der Waals surface area contributed by atoms with Crippen LogP contribution in [0.5, 0.6) is 0 Å². The van der Waals surface area contributed by atoms with Crippen LogP contribution in [-0.4, -0.2) is 25.2 Å². The average Bonchev–Trinajstić information content (AvgIpc) is 2.80. The van der Waals surface area contributed by atoms with Gasteiger partial charge in [0.2, 0.25) is 0 Å². The van der Waals surface area contributed by atoms with E-state index in [4.69, 9.17) is 9.47 Å². The first-order chi connectivity index (χ1) is 14.3. The minimum absolute atomic E-state index is 0. The minimum Gasteiger partial charge on any atom is -1.00 e. The van der Waals surface area contributed by atoms with Gasteiger partial charge in [0.15, 0.2) is 6.29 Å². The van der Waals surface area contributed by atoms with Crippen molar-refractivity contribution < 1.29 is 26.5 Å². The van der Waals surface area contributed by atoms with Crippen molar-refractivity contribution in [1.29, 1.82) is 0 Å². The van der Waals surface area contributed by atoms with Gasteiger partial charge in [-0.05, 0) is 62.6 Å². The number of halogens is 1. The molecule has 1 aliphatic heterocycles. The van der Waals surface area contributed by atoms with Gasteiger partial charge in [-0.1, -0.05) is 54.6 Å². The summed E-state index contributed by atoms with van der Waals surface area (Å²) in [4.78, 5) is 0. The van der Waals surface area contributed by atoms with Crippen LogP contribution in [0.4, 0.5) is 0 Å². The molecule has 2 atom stereocenters. The van der Waals surface area contributed by atoms with Gasteiger partial charge in [0.05, 0.1) is 12.3 Å². The fourth-order valence-electron chi connectivity index (χ4n) is 4.32. The van der Waals surface area contributed by atoms with Gasteiger partial charge in [0, 0.05) is 6.61 Å². The van der Waals surface area contributed by atoms with Gasteiger partial charge in [-0.3, -0.25) is 0 Å². The highest BCUT2D eigenvalue weighted by atomic mass is 79.9. The molecule has 158 valence electrons. The van der Waals surface area contributed by atoms with E-state index in [-0.39, 0.29) is 29.4 Å². The molecule has 0 aliphatic carbocycles. The molecule has 4 rings (SSSR count). The number of hydrogen-bond acceptors (Lipinski definition) is 2. The predicted octanol–water partition coefficient (Wildman–Crippen LogP) is 1.92. The highest BCUT2D eigenvalue weighted by Gasteiger charge is 2.46. The molecule has 0 N–H and O–H groups in total. The van der Waals surface area contributed by atoms with Crippen LogP contribution in [0.15, 0.2) is 91.0 Å². The van der Waals surface area contributed by atoms with Crippen LogP contribution in [0, 0.1) is 0 Å². The van der Waals surface area contributed by atoms with Gasteiger partial charge in [-0.25, -0.2) is 0 Å². The second-order valence-corrected chi connectivity index (χ2v) is 11.3. The van der Waals surface area contributed by atoms with Gasteiger partial charge in [0.1, 0.15) is 23.2 Å². The third-order valence-corrected chi connectivity index (χ3v) is 10.2. The van der Waals surface area contributed by atoms with Crippen molar-refractivity contribution in [2.75, 3.05) is 12.8 Å². The standard InChI is InChI=1S/C26H30O2P.BrH/c1-22(28-26-19-11-12-20-27-26)21-29(23-13-5-2-6-14-23,24-15-7-3-8-16-24)25-17-9-4-10-18-25;/h2-10,13-18,22,26H,11-12,19-21H2,1H3;1H/q+1;/p-1. The Morgan fingerprint density at radius 2 is 1.27 bits per heavy atom. The molecule has 0 amide bonds. The lowest BCUT2D eigenvalue weighted by atomic mass is 10.2. The van der Waals surface area contributed by atoms with Crippen molar-refractivity contribution >= 4 is 23.2 Å². The van der Waals surface area contributed by atoms with E-state index in [0.29, 0.717) is 0 Å². The zero-order valence-corrected chi connectivity index (χ0v) is 20.0. The molecule has 0 spiro atoms. The summed E-state index contributed by atoms with van der Waals surface area (Å²) >= 11 is 0. The molecule has 1 heterocycles. The normalized spacial score (nSPS) is 17.7. The molecule has 30 heavy (non-hydrogen) atoms. The van der Waals surface area contributed by atoms with E-state index in [1.165, 1.54) is 22.3 Å². The zero-order chi connectivity index (χ0) is 19.9. The van der Waals surface area contributed by atoms with E-state index in [9.17, 15) is 0 Å². The van der Waals surface area contributed by atoms with Crippen molar-refractivity contribution in [2.45, 2.75) is 38.6 Å². The Balaban J connectivity index is 0.00000256. The summed E-state index contributed by atoms with van der Waals surface area (Å²) in [5.41, 5.74) is 0. The monoisotopic (exact) mass is 484 g/mol. The van der Waals surface area contributed by atoms with Crippen LogP contribution < -0.4 is 32.9 Å². The molecule has 1 fully saturated rings. The number of rotatable bonds is 7. The van der Waals surface area contributed by atoms with E-state index in [2.05, 4.69) is 97.9 Å². The van der Waals surface area contributed by atoms with E-state index in [0.717, 1.165) is 25.6 Å². The van der Waals surface area contributed by atoms with Crippen molar-refractivity contribution in [3.05, 3.63) is 91.0 Å². The maximum atomic E-state index is 6.42. The highest BCUT2D eigenvalue weighted by molar-refractivity contribution is 7.95. The Morgan fingerprint density at radius 1 is 0.800 bits per heavy atom. The van der Waals surface area contributed by atoms with E-state index in [1.807, 2.05) is 0 Å². The first-order valence-electron chi connectivity index (χ1n) is 10.6. The molecule has 4 heteroatoms. The zero-order valence-electron chi connectivity index (χ0n) is 17.5. The lowest BCUT2D eigenvalue weighted by molar-refractivity contribution is -0.179. The lowest BCUT2D eigenvalue weighted by Crippen LogP contribution is -3.00. The summed E-state index contributed by atoms with van der Waals surface area (Å²) in [6, 6.07) is 33.0. The van der Waals surface area contributed by atoms with Crippen molar-refractivity contribution in [2.24, 2.45) is 0 Å². The molecule has 0 radical (unpaired) electrons. The molecule has 0 bridgehead atoms. The molecule has 1 aliphatic rings. The highest BCUT2D eigenvalue weighted by Crippen LogP contribution is 2.56. The first-order valence-corrected chi connectivity index (χ1v) is 12.6. The SMILES string of the molecule is CC(C[P+](c1ccccc1)(c1ccccc1)c1ccccc1)OC1CCCCO1.[Br-]. The Morgan fingerprint density at radius 3 is 1.67 bits per heavy atom. The third kappa shape index (κ3) is 5.21. The van der Waals surface area contributed by atoms with E-state index >= 15 is 0 Å². The molecular weight excluding hydrogens is 455 g/mol.